The van der Waals surface area contributed by atoms with Crippen LogP contribution in [0.1, 0.15) is 16.0 Å². The lowest BCUT2D eigenvalue weighted by Crippen LogP contribution is -2.31. The van der Waals surface area contributed by atoms with E-state index < -0.39 is 6.03 Å². The standard InChI is InChI=1S/C27H23N5OS/c1-17-7-11-20(12-8-17)32(27(29)33)21-13-9-19(10-14-21)23-22(15-18-5-3-2-4-6-18)34-26-24(23)25(28)30-16-31-26/h2-14,16H,15H2,1H3,(H2,29,33)(H2,28,30,31). The first-order chi connectivity index (χ1) is 16.5. The minimum absolute atomic E-state index is 0.457. The number of aryl methyl sites for hydroxylation is 1. The Labute approximate surface area is 201 Å². The summed E-state index contributed by atoms with van der Waals surface area (Å²) in [6, 6.07) is 25.2. The summed E-state index contributed by atoms with van der Waals surface area (Å²) in [4.78, 5) is 24.5. The number of thiophene rings is 1. The fraction of sp³-hybridized carbons (Fsp3) is 0.0741. The van der Waals surface area contributed by atoms with Gasteiger partial charge in [0.2, 0.25) is 0 Å². The van der Waals surface area contributed by atoms with Crippen molar-refractivity contribution < 1.29 is 4.79 Å². The van der Waals surface area contributed by atoms with Gasteiger partial charge < -0.3 is 11.5 Å². The number of nitrogen functional groups attached to an aromatic ring is 1. The lowest BCUT2D eigenvalue weighted by atomic mass is 9.99. The Kier molecular flexibility index (Phi) is 5.69. The van der Waals surface area contributed by atoms with Gasteiger partial charge in [-0.05, 0) is 42.3 Å². The number of aromatic nitrogens is 2. The number of benzene rings is 3. The topological polar surface area (TPSA) is 98.1 Å². The molecule has 4 N–H and O–H groups in total. The van der Waals surface area contributed by atoms with E-state index in [1.165, 1.54) is 16.8 Å². The molecule has 0 aliphatic rings. The van der Waals surface area contributed by atoms with Crippen molar-refractivity contribution in [2.45, 2.75) is 13.3 Å². The first kappa shape index (κ1) is 21.6. The van der Waals surface area contributed by atoms with Gasteiger partial charge in [0.1, 0.15) is 17.0 Å². The average molecular weight is 466 g/mol. The van der Waals surface area contributed by atoms with Gasteiger partial charge in [0.25, 0.3) is 0 Å². The van der Waals surface area contributed by atoms with Gasteiger partial charge in [-0.15, -0.1) is 11.3 Å². The van der Waals surface area contributed by atoms with E-state index in [-0.39, 0.29) is 0 Å². The zero-order chi connectivity index (χ0) is 23.7. The van der Waals surface area contributed by atoms with Crippen LogP contribution in [0, 0.1) is 6.92 Å². The molecule has 0 fully saturated rings. The monoisotopic (exact) mass is 465 g/mol. The summed E-state index contributed by atoms with van der Waals surface area (Å²) in [7, 11) is 0. The first-order valence-electron chi connectivity index (χ1n) is 10.8. The molecule has 0 saturated carbocycles. The number of primary amides is 1. The number of rotatable bonds is 5. The fourth-order valence-corrected chi connectivity index (χ4v) is 5.29. The normalized spacial score (nSPS) is 11.0. The smallest absolute Gasteiger partial charge is 0.323 e. The molecule has 34 heavy (non-hydrogen) atoms. The molecule has 0 radical (unpaired) electrons. The average Bonchev–Trinajstić information content (AvgIpc) is 3.20. The van der Waals surface area contributed by atoms with E-state index in [2.05, 4.69) is 22.1 Å². The Morgan fingerprint density at radius 1 is 0.912 bits per heavy atom. The van der Waals surface area contributed by atoms with Gasteiger partial charge in [0, 0.05) is 16.9 Å². The SMILES string of the molecule is Cc1ccc(N(C(N)=O)c2ccc(-c3c(Cc4ccccc4)sc4ncnc(N)c34)cc2)cc1. The number of carbonyl (C=O) groups excluding carboxylic acids is 1. The van der Waals surface area contributed by atoms with E-state index in [1.54, 1.807) is 11.3 Å². The number of hydrogen-bond acceptors (Lipinski definition) is 5. The van der Waals surface area contributed by atoms with E-state index in [0.29, 0.717) is 17.2 Å². The summed E-state index contributed by atoms with van der Waals surface area (Å²) in [6.45, 7) is 2.00. The third kappa shape index (κ3) is 4.09. The van der Waals surface area contributed by atoms with E-state index >= 15 is 0 Å². The van der Waals surface area contributed by atoms with Crippen LogP contribution in [0.3, 0.4) is 0 Å². The Morgan fingerprint density at radius 3 is 2.21 bits per heavy atom. The van der Waals surface area contributed by atoms with Crippen molar-refractivity contribution in [3.8, 4) is 11.1 Å². The molecule has 0 saturated heterocycles. The second-order valence-corrected chi connectivity index (χ2v) is 9.14. The summed E-state index contributed by atoms with van der Waals surface area (Å²) >= 11 is 1.63. The van der Waals surface area contributed by atoms with Crippen LogP contribution in [0.4, 0.5) is 22.0 Å². The Hall–Kier alpha value is -4.23. The van der Waals surface area contributed by atoms with Crippen molar-refractivity contribution in [2.24, 2.45) is 5.73 Å². The number of hydrogen-bond donors (Lipinski definition) is 2. The number of carbonyl (C=O) groups is 1. The number of urea groups is 1. The lowest BCUT2D eigenvalue weighted by Gasteiger charge is -2.21. The molecule has 0 aliphatic heterocycles. The van der Waals surface area contributed by atoms with Crippen LogP contribution in [0.25, 0.3) is 21.3 Å². The summed E-state index contributed by atoms with van der Waals surface area (Å²) in [5.74, 6) is 0.457. The zero-order valence-electron chi connectivity index (χ0n) is 18.6. The van der Waals surface area contributed by atoms with Gasteiger partial charge in [-0.1, -0.05) is 60.2 Å². The van der Waals surface area contributed by atoms with Crippen LogP contribution in [0.5, 0.6) is 0 Å². The van der Waals surface area contributed by atoms with Crippen molar-refractivity contribution in [3.05, 3.63) is 101 Å². The first-order valence-corrected chi connectivity index (χ1v) is 11.7. The Balaban J connectivity index is 1.59. The van der Waals surface area contributed by atoms with E-state index in [4.69, 9.17) is 11.5 Å². The largest absolute Gasteiger partial charge is 0.383 e. The predicted molar refractivity (Wildman–Crippen MR) is 139 cm³/mol. The molecule has 7 heteroatoms. The molecule has 6 nitrogen and oxygen atoms in total. The highest BCUT2D eigenvalue weighted by atomic mass is 32.1. The van der Waals surface area contributed by atoms with Crippen molar-refractivity contribution >= 4 is 44.8 Å². The number of anilines is 3. The van der Waals surface area contributed by atoms with Gasteiger partial charge in [-0.3, -0.25) is 4.90 Å². The van der Waals surface area contributed by atoms with Gasteiger partial charge >= 0.3 is 6.03 Å². The van der Waals surface area contributed by atoms with Crippen LogP contribution in [0.15, 0.2) is 85.2 Å². The second-order valence-electron chi connectivity index (χ2n) is 8.06. The molecule has 5 aromatic rings. The van der Waals surface area contributed by atoms with Crippen molar-refractivity contribution in [3.63, 3.8) is 0 Å². The minimum atomic E-state index is -0.542. The molecule has 0 bridgehead atoms. The molecule has 2 heterocycles. The molecular formula is C27H23N5OS. The molecule has 2 aromatic heterocycles. The van der Waals surface area contributed by atoms with Gasteiger partial charge in [-0.25, -0.2) is 14.8 Å². The Bertz CT molecular complexity index is 1460. The molecule has 0 atom stereocenters. The van der Waals surface area contributed by atoms with Crippen LogP contribution in [-0.2, 0) is 6.42 Å². The summed E-state index contributed by atoms with van der Waals surface area (Å²) in [5.41, 5.74) is 17.8. The predicted octanol–water partition coefficient (Wildman–Crippen LogP) is 6.06. The third-order valence-corrected chi connectivity index (χ3v) is 6.82. The van der Waals surface area contributed by atoms with Crippen molar-refractivity contribution in [1.82, 2.24) is 9.97 Å². The summed E-state index contributed by atoms with van der Waals surface area (Å²) < 4.78 is 0. The molecular weight excluding hydrogens is 442 g/mol. The number of fused-ring (bicyclic) bond motifs is 1. The van der Waals surface area contributed by atoms with Crippen LogP contribution >= 0.6 is 11.3 Å². The van der Waals surface area contributed by atoms with Gasteiger partial charge in [-0.2, -0.15) is 0 Å². The maximum absolute atomic E-state index is 12.3. The number of nitrogens with two attached hydrogens (primary N) is 2. The van der Waals surface area contributed by atoms with E-state index in [0.717, 1.165) is 38.2 Å². The van der Waals surface area contributed by atoms with Crippen LogP contribution in [-0.4, -0.2) is 16.0 Å². The van der Waals surface area contributed by atoms with Crippen molar-refractivity contribution in [2.75, 3.05) is 10.6 Å². The highest BCUT2D eigenvalue weighted by Crippen LogP contribution is 2.41. The molecule has 0 spiro atoms. The summed E-state index contributed by atoms with van der Waals surface area (Å²) in [5, 5.41) is 0.858. The van der Waals surface area contributed by atoms with Gasteiger partial charge in [0.05, 0.1) is 16.8 Å². The maximum Gasteiger partial charge on any atom is 0.323 e. The zero-order valence-corrected chi connectivity index (χ0v) is 19.4. The van der Waals surface area contributed by atoms with Crippen LogP contribution < -0.4 is 16.4 Å². The quantitative estimate of drug-likeness (QED) is 0.330. The minimum Gasteiger partial charge on any atom is -0.383 e. The summed E-state index contributed by atoms with van der Waals surface area (Å²) in [6.07, 6.45) is 2.26. The molecule has 168 valence electrons. The molecule has 5 rings (SSSR count). The highest BCUT2D eigenvalue weighted by Gasteiger charge is 2.20. The fourth-order valence-electron chi connectivity index (χ4n) is 4.09. The highest BCUT2D eigenvalue weighted by molar-refractivity contribution is 7.19. The van der Waals surface area contributed by atoms with Gasteiger partial charge in [0.15, 0.2) is 0 Å². The maximum atomic E-state index is 12.3. The lowest BCUT2D eigenvalue weighted by molar-refractivity contribution is 0.256. The van der Waals surface area contributed by atoms with E-state index in [1.807, 2.05) is 73.7 Å². The van der Waals surface area contributed by atoms with E-state index in [9.17, 15) is 4.79 Å². The van der Waals surface area contributed by atoms with Crippen molar-refractivity contribution in [1.29, 1.82) is 0 Å². The Morgan fingerprint density at radius 2 is 1.56 bits per heavy atom. The number of amides is 2. The molecule has 0 unspecified atom stereocenters. The van der Waals surface area contributed by atoms with Crippen LogP contribution in [0.2, 0.25) is 0 Å². The molecule has 3 aromatic carbocycles. The molecule has 0 aliphatic carbocycles. The molecule has 2 amide bonds. The number of nitrogens with zero attached hydrogens (tertiary/aromatic N) is 3. The second kappa shape index (κ2) is 8.96. The third-order valence-electron chi connectivity index (χ3n) is 5.72.